The van der Waals surface area contributed by atoms with E-state index in [1.54, 1.807) is 37.6 Å². The molecule has 0 aliphatic heterocycles. The summed E-state index contributed by atoms with van der Waals surface area (Å²) in [4.78, 5) is 0. The molecular weight excluding hydrogens is 270 g/mol. The molecule has 0 aliphatic carbocycles. The van der Waals surface area contributed by atoms with Crippen molar-refractivity contribution in [1.29, 1.82) is 0 Å². The number of nitrogens with one attached hydrogen (secondary N) is 2. The molecule has 0 heterocycles. The number of benzene rings is 1. The highest BCUT2D eigenvalue weighted by atomic mass is 31.2. The molecule has 0 fully saturated rings. The third kappa shape index (κ3) is 4.46. The van der Waals surface area contributed by atoms with E-state index in [0.29, 0.717) is 11.4 Å². The van der Waals surface area contributed by atoms with E-state index in [1.807, 2.05) is 0 Å². The lowest BCUT2D eigenvalue weighted by Gasteiger charge is -2.20. The fourth-order valence-electron chi connectivity index (χ4n) is 1.28. The topological polar surface area (TPSA) is 110 Å². The first-order valence-corrected chi connectivity index (χ1v) is 10.2. The van der Waals surface area contributed by atoms with Crippen LogP contribution in [0, 0.1) is 0 Å². The molecule has 0 aromatic heterocycles. The highest BCUT2D eigenvalue weighted by Crippen LogP contribution is 2.45. The van der Waals surface area contributed by atoms with E-state index in [0.717, 1.165) is 0 Å². The second kappa shape index (κ2) is 5.89. The Balaban J connectivity index is 3.00. The summed E-state index contributed by atoms with van der Waals surface area (Å²) in [5, 5.41) is 5.78. The standard InChI is InChI=1S/C10H20N4O2P2/c1-17(15,7-11)13-9-5-3-4-6-10(9)14-18(2,16)8-12/h3-6H,7-8,11-12H2,1-2H3,(H,13,15)(H,14,16). The zero-order valence-corrected chi connectivity index (χ0v) is 12.4. The molecule has 102 valence electrons. The molecule has 1 aromatic carbocycles. The number of rotatable bonds is 6. The van der Waals surface area contributed by atoms with Crippen LogP contribution in [0.25, 0.3) is 0 Å². The number of hydrogen-bond donors (Lipinski definition) is 4. The molecule has 8 heteroatoms. The van der Waals surface area contributed by atoms with Crippen molar-refractivity contribution in [3.8, 4) is 0 Å². The van der Waals surface area contributed by atoms with Crippen LogP contribution in [0.4, 0.5) is 11.4 Å². The zero-order valence-electron chi connectivity index (χ0n) is 10.6. The van der Waals surface area contributed by atoms with Crippen molar-refractivity contribution < 1.29 is 9.13 Å². The number of hydrogen-bond acceptors (Lipinski definition) is 4. The summed E-state index contributed by atoms with van der Waals surface area (Å²) in [5.41, 5.74) is 12.1. The fourth-order valence-corrected chi connectivity index (χ4v) is 2.87. The maximum atomic E-state index is 12.0. The van der Waals surface area contributed by atoms with E-state index in [1.165, 1.54) is 0 Å². The Morgan fingerprint density at radius 3 is 1.56 bits per heavy atom. The summed E-state index contributed by atoms with van der Waals surface area (Å²) in [6.45, 7) is 3.14. The van der Waals surface area contributed by atoms with Crippen LogP contribution >= 0.6 is 14.6 Å². The molecule has 0 bridgehead atoms. The minimum absolute atomic E-state index is 0.0575. The number of para-hydroxylation sites is 2. The van der Waals surface area contributed by atoms with Crippen molar-refractivity contribution in [2.45, 2.75) is 0 Å². The molecule has 1 rings (SSSR count). The lowest BCUT2D eigenvalue weighted by Crippen LogP contribution is -2.10. The molecule has 0 aliphatic rings. The maximum Gasteiger partial charge on any atom is 0.180 e. The van der Waals surface area contributed by atoms with Gasteiger partial charge in [0.1, 0.15) is 0 Å². The Hall–Kier alpha value is -0.800. The smallest absolute Gasteiger partial charge is 0.180 e. The van der Waals surface area contributed by atoms with Crippen LogP contribution in [0.2, 0.25) is 0 Å². The van der Waals surface area contributed by atoms with Gasteiger partial charge in [0.2, 0.25) is 0 Å². The second-order valence-corrected chi connectivity index (χ2v) is 9.92. The minimum atomic E-state index is -2.63. The lowest BCUT2D eigenvalue weighted by molar-refractivity contribution is 0.580. The predicted molar refractivity (Wildman–Crippen MR) is 78.9 cm³/mol. The van der Waals surface area contributed by atoms with Crippen molar-refractivity contribution in [1.82, 2.24) is 0 Å². The summed E-state index contributed by atoms with van der Waals surface area (Å²) in [6, 6.07) is 7.11. The van der Waals surface area contributed by atoms with E-state index in [4.69, 9.17) is 11.5 Å². The highest BCUT2D eigenvalue weighted by Gasteiger charge is 2.17. The Morgan fingerprint density at radius 1 is 0.944 bits per heavy atom. The largest absolute Gasteiger partial charge is 0.334 e. The van der Waals surface area contributed by atoms with Gasteiger partial charge in [-0.15, -0.1) is 0 Å². The van der Waals surface area contributed by atoms with Crippen LogP contribution in [0.1, 0.15) is 0 Å². The molecular formula is C10H20N4O2P2. The summed E-state index contributed by atoms with van der Waals surface area (Å²) in [6.07, 6.45) is 0.115. The molecule has 0 saturated heterocycles. The minimum Gasteiger partial charge on any atom is -0.334 e. The summed E-state index contributed by atoms with van der Waals surface area (Å²) < 4.78 is 24.0. The molecule has 18 heavy (non-hydrogen) atoms. The number of nitrogens with two attached hydrogens (primary N) is 2. The third-order valence-corrected chi connectivity index (χ3v) is 5.16. The van der Waals surface area contributed by atoms with Gasteiger partial charge in [0.05, 0.1) is 23.9 Å². The van der Waals surface area contributed by atoms with Crippen LogP contribution in [0.3, 0.4) is 0 Å². The van der Waals surface area contributed by atoms with Gasteiger partial charge >= 0.3 is 0 Å². The van der Waals surface area contributed by atoms with Crippen molar-refractivity contribution in [2.24, 2.45) is 11.5 Å². The van der Waals surface area contributed by atoms with Gasteiger partial charge in [0, 0.05) is 13.3 Å². The van der Waals surface area contributed by atoms with Gasteiger partial charge < -0.3 is 21.6 Å². The van der Waals surface area contributed by atoms with E-state index >= 15 is 0 Å². The van der Waals surface area contributed by atoms with Crippen LogP contribution in [0.15, 0.2) is 24.3 Å². The van der Waals surface area contributed by atoms with Crippen LogP contribution in [0.5, 0.6) is 0 Å². The van der Waals surface area contributed by atoms with Gasteiger partial charge in [-0.05, 0) is 12.1 Å². The molecule has 6 N–H and O–H groups in total. The Labute approximate surface area is 107 Å². The first-order chi connectivity index (χ1) is 8.29. The third-order valence-electron chi connectivity index (χ3n) is 2.34. The predicted octanol–water partition coefficient (Wildman–Crippen LogP) is 2.16. The number of anilines is 2. The van der Waals surface area contributed by atoms with E-state index < -0.39 is 14.6 Å². The van der Waals surface area contributed by atoms with Gasteiger partial charge in [0.25, 0.3) is 0 Å². The quantitative estimate of drug-likeness (QED) is 0.597. The summed E-state index contributed by atoms with van der Waals surface area (Å²) >= 11 is 0. The summed E-state index contributed by atoms with van der Waals surface area (Å²) in [7, 11) is -5.26. The molecule has 2 atom stereocenters. The molecule has 0 spiro atoms. The van der Waals surface area contributed by atoms with Crippen LogP contribution in [-0.4, -0.2) is 25.9 Å². The van der Waals surface area contributed by atoms with Gasteiger partial charge in [-0.25, -0.2) is 0 Å². The Morgan fingerprint density at radius 2 is 1.28 bits per heavy atom. The molecule has 0 saturated carbocycles. The van der Waals surface area contributed by atoms with E-state index in [9.17, 15) is 9.13 Å². The van der Waals surface area contributed by atoms with E-state index in [-0.39, 0.29) is 12.6 Å². The van der Waals surface area contributed by atoms with Gasteiger partial charge in [-0.1, -0.05) is 12.1 Å². The highest BCUT2D eigenvalue weighted by molar-refractivity contribution is 7.65. The molecule has 6 nitrogen and oxygen atoms in total. The average Bonchev–Trinajstić information content (AvgIpc) is 2.31. The molecule has 1 aromatic rings. The second-order valence-electron chi connectivity index (χ2n) is 4.34. The van der Waals surface area contributed by atoms with Gasteiger partial charge in [-0.3, -0.25) is 9.13 Å². The van der Waals surface area contributed by atoms with Crippen LogP contribution in [-0.2, 0) is 9.13 Å². The van der Waals surface area contributed by atoms with Crippen molar-refractivity contribution >= 4 is 26.0 Å². The maximum absolute atomic E-state index is 12.0. The van der Waals surface area contributed by atoms with Gasteiger partial charge in [-0.2, -0.15) is 0 Å². The first kappa shape index (κ1) is 15.3. The fraction of sp³-hybridized carbons (Fsp3) is 0.400. The van der Waals surface area contributed by atoms with E-state index in [2.05, 4.69) is 10.2 Å². The average molecular weight is 290 g/mol. The zero-order chi connectivity index (χ0) is 13.8. The van der Waals surface area contributed by atoms with Crippen LogP contribution < -0.4 is 21.6 Å². The molecule has 0 radical (unpaired) electrons. The Bertz CT molecular complexity index is 461. The lowest BCUT2D eigenvalue weighted by atomic mass is 10.3. The SMILES string of the molecule is CP(=O)(CN)Nc1ccccc1NP(C)(=O)CN. The normalized spacial score (nSPS) is 17.6. The van der Waals surface area contributed by atoms with Crippen molar-refractivity contribution in [3.63, 3.8) is 0 Å². The molecule has 2 unspecified atom stereocenters. The van der Waals surface area contributed by atoms with Crippen molar-refractivity contribution in [2.75, 3.05) is 36.1 Å². The molecule has 0 amide bonds. The summed E-state index contributed by atoms with van der Waals surface area (Å²) in [5.74, 6) is 0. The van der Waals surface area contributed by atoms with Crippen molar-refractivity contribution in [3.05, 3.63) is 24.3 Å². The Kier molecular flexibility index (Phi) is 5.00. The van der Waals surface area contributed by atoms with Gasteiger partial charge in [0.15, 0.2) is 14.6 Å². The first-order valence-electron chi connectivity index (χ1n) is 5.48. The monoisotopic (exact) mass is 290 g/mol.